The number of unbranched alkanes of at least 4 members (excludes halogenated alkanes) is 5. The number of hydrogen-bond acceptors (Lipinski definition) is 4. The molecule has 0 spiro atoms. The van der Waals surface area contributed by atoms with Gasteiger partial charge in [0.25, 0.3) is 10.1 Å². The lowest BCUT2D eigenvalue weighted by Crippen LogP contribution is -2.14. The molecule has 0 saturated carbocycles. The number of allylic oxidation sites excluding steroid dienone is 1. The van der Waals surface area contributed by atoms with Crippen LogP contribution in [-0.4, -0.2) is 31.3 Å². The highest BCUT2D eigenvalue weighted by molar-refractivity contribution is 8.48. The van der Waals surface area contributed by atoms with E-state index in [1.807, 2.05) is 0 Å². The van der Waals surface area contributed by atoms with Crippen LogP contribution in [0.4, 0.5) is 19.4 Å². The van der Waals surface area contributed by atoms with Gasteiger partial charge in [-0.3, -0.25) is 9.35 Å². The molecular weight excluding hydrogens is 383 g/mol. The molecule has 0 aliphatic rings. The van der Waals surface area contributed by atoms with Gasteiger partial charge in [-0.1, -0.05) is 44.8 Å². The van der Waals surface area contributed by atoms with Gasteiger partial charge in [-0.25, -0.2) is 0 Å². The Kier molecular flexibility index (Phi) is 7.71. The maximum absolute atomic E-state index is 11.9. The van der Waals surface area contributed by atoms with Gasteiger partial charge in [0.2, 0.25) is 0 Å². The van der Waals surface area contributed by atoms with E-state index >= 15 is 0 Å². The third kappa shape index (κ3) is 19.2. The van der Waals surface area contributed by atoms with Crippen molar-refractivity contribution in [2.45, 2.75) is 44.9 Å². The molecule has 146 valence electrons. The molecule has 0 fully saturated rings. The standard InChI is InChI=1S/C12H21F5O5S2/c13-24(14,15,16,17)11-7-5-3-1-2-4-6-8-12(18)22-9-10-23(19,20)21/h7,11H,1-6,8-10H2,(H,19,20,21)/b11-7+. The van der Waals surface area contributed by atoms with E-state index in [0.717, 1.165) is 0 Å². The van der Waals surface area contributed by atoms with Crippen LogP contribution in [0.25, 0.3) is 0 Å². The van der Waals surface area contributed by atoms with Gasteiger partial charge >= 0.3 is 16.2 Å². The molecule has 12 heteroatoms. The Hall–Kier alpha value is -0.880. The van der Waals surface area contributed by atoms with E-state index < -0.39 is 44.1 Å². The minimum absolute atomic E-state index is 0.0512. The van der Waals surface area contributed by atoms with E-state index in [-0.39, 0.29) is 12.8 Å². The van der Waals surface area contributed by atoms with Gasteiger partial charge in [0.15, 0.2) is 0 Å². The van der Waals surface area contributed by atoms with Crippen molar-refractivity contribution >= 4 is 26.3 Å². The molecule has 5 nitrogen and oxygen atoms in total. The summed E-state index contributed by atoms with van der Waals surface area (Å²) in [5.74, 6) is -1.29. The van der Waals surface area contributed by atoms with Crippen LogP contribution in [0.1, 0.15) is 44.9 Å². The molecule has 0 rings (SSSR count). The van der Waals surface area contributed by atoms with Gasteiger partial charge in [-0.05, 0) is 19.3 Å². The first-order valence-electron chi connectivity index (χ1n) is 7.10. The lowest BCUT2D eigenvalue weighted by molar-refractivity contribution is -0.143. The molecule has 0 atom stereocenters. The summed E-state index contributed by atoms with van der Waals surface area (Å²) < 4.78 is 93.4. The summed E-state index contributed by atoms with van der Waals surface area (Å²) in [6.45, 7) is -0.434. The molecule has 0 aromatic carbocycles. The van der Waals surface area contributed by atoms with Crippen LogP contribution in [0, 0.1) is 0 Å². The summed E-state index contributed by atoms with van der Waals surface area (Å²) in [4.78, 5) is 11.2. The van der Waals surface area contributed by atoms with Crippen molar-refractivity contribution in [1.82, 2.24) is 0 Å². The molecule has 0 amide bonds. The van der Waals surface area contributed by atoms with Crippen molar-refractivity contribution in [3.8, 4) is 0 Å². The SMILES string of the molecule is O=C(CCCCCCC/C=C/S(F)(F)(F)(F)F)OCCS(=O)(=O)O. The summed E-state index contributed by atoms with van der Waals surface area (Å²) in [7, 11) is -13.6. The maximum Gasteiger partial charge on any atom is 0.305 e. The van der Waals surface area contributed by atoms with Gasteiger partial charge in [-0.15, -0.1) is 0 Å². The summed E-state index contributed by atoms with van der Waals surface area (Å²) in [5.41, 5.74) is 0. The number of carbonyl (C=O) groups excluding carboxylic acids is 1. The Labute approximate surface area is 137 Å². The average Bonchev–Trinajstić information content (AvgIpc) is 2.32. The fourth-order valence-corrected chi connectivity index (χ4v) is 2.44. The van der Waals surface area contributed by atoms with Crippen molar-refractivity contribution in [3.05, 3.63) is 11.5 Å². The van der Waals surface area contributed by atoms with Crippen molar-refractivity contribution in [2.75, 3.05) is 12.4 Å². The number of rotatable bonds is 12. The van der Waals surface area contributed by atoms with Crippen LogP contribution in [0.5, 0.6) is 0 Å². The van der Waals surface area contributed by atoms with E-state index in [2.05, 4.69) is 4.74 Å². The van der Waals surface area contributed by atoms with Crippen molar-refractivity contribution < 1.29 is 41.9 Å². The van der Waals surface area contributed by atoms with Crippen molar-refractivity contribution in [3.63, 3.8) is 0 Å². The lowest BCUT2D eigenvalue weighted by Gasteiger charge is -2.36. The fraction of sp³-hybridized carbons (Fsp3) is 0.750. The number of carbonyl (C=O) groups is 1. The van der Waals surface area contributed by atoms with E-state index in [9.17, 15) is 32.6 Å². The van der Waals surface area contributed by atoms with Crippen molar-refractivity contribution in [2.24, 2.45) is 0 Å². The molecule has 0 unspecified atom stereocenters. The topological polar surface area (TPSA) is 80.7 Å². The Morgan fingerprint density at radius 1 is 1.00 bits per heavy atom. The second-order valence-corrected chi connectivity index (χ2v) is 9.11. The Morgan fingerprint density at radius 2 is 1.54 bits per heavy atom. The number of halogens is 5. The molecule has 0 radical (unpaired) electrons. The molecule has 0 aromatic rings. The Bertz CT molecular complexity index is 542. The van der Waals surface area contributed by atoms with Crippen molar-refractivity contribution in [1.29, 1.82) is 0 Å². The van der Waals surface area contributed by atoms with E-state index in [1.165, 1.54) is 0 Å². The predicted molar refractivity (Wildman–Crippen MR) is 82.0 cm³/mol. The van der Waals surface area contributed by atoms with Crippen LogP contribution < -0.4 is 0 Å². The molecule has 0 aromatic heterocycles. The molecule has 0 heterocycles. The zero-order valence-electron chi connectivity index (χ0n) is 12.8. The molecule has 0 aliphatic carbocycles. The summed E-state index contributed by atoms with van der Waals surface area (Å²) in [6.07, 6.45) is 2.88. The molecule has 0 aliphatic heterocycles. The van der Waals surface area contributed by atoms with E-state index in [1.54, 1.807) is 0 Å². The van der Waals surface area contributed by atoms with E-state index in [4.69, 9.17) is 4.55 Å². The number of ether oxygens (including phenoxy) is 1. The minimum atomic E-state index is -9.45. The number of hydrogen-bond donors (Lipinski definition) is 1. The smallest absolute Gasteiger partial charge is 0.305 e. The molecule has 24 heavy (non-hydrogen) atoms. The van der Waals surface area contributed by atoms with E-state index in [0.29, 0.717) is 38.2 Å². The molecule has 0 bridgehead atoms. The van der Waals surface area contributed by atoms with Gasteiger partial charge in [0.1, 0.15) is 12.4 Å². The van der Waals surface area contributed by atoms with Gasteiger partial charge in [-0.2, -0.15) is 8.42 Å². The maximum atomic E-state index is 11.9. The van der Waals surface area contributed by atoms with Crippen LogP contribution in [-0.2, 0) is 19.6 Å². The van der Waals surface area contributed by atoms with Gasteiger partial charge in [0.05, 0.1) is 5.41 Å². The summed E-state index contributed by atoms with van der Waals surface area (Å²) in [6, 6.07) is 0. The second-order valence-electron chi connectivity index (χ2n) is 5.21. The van der Waals surface area contributed by atoms with Gasteiger partial charge < -0.3 is 4.74 Å². The first-order valence-corrected chi connectivity index (χ1v) is 10.7. The second kappa shape index (κ2) is 8.00. The third-order valence-electron chi connectivity index (χ3n) is 2.71. The summed E-state index contributed by atoms with van der Waals surface area (Å²) >= 11 is 0. The highest BCUT2D eigenvalue weighted by Gasteiger charge is 2.60. The zero-order chi connectivity index (χ0) is 19.0. The largest absolute Gasteiger partial charge is 0.464 e. The number of esters is 1. The minimum Gasteiger partial charge on any atom is -0.464 e. The average molecular weight is 404 g/mol. The van der Waals surface area contributed by atoms with Crippen LogP contribution in [0.2, 0.25) is 0 Å². The molecule has 1 N–H and O–H groups in total. The van der Waals surface area contributed by atoms with Crippen LogP contribution >= 0.6 is 10.2 Å². The summed E-state index contributed by atoms with van der Waals surface area (Å²) in [5, 5.41) is -0.942. The lowest BCUT2D eigenvalue weighted by atomic mass is 10.1. The first kappa shape index (κ1) is 23.1. The quantitative estimate of drug-likeness (QED) is 0.215. The first-order chi connectivity index (χ1) is 10.6. The molecule has 0 saturated heterocycles. The van der Waals surface area contributed by atoms with Gasteiger partial charge in [0, 0.05) is 6.42 Å². The van der Waals surface area contributed by atoms with Crippen LogP contribution in [0.3, 0.4) is 0 Å². The highest BCUT2D eigenvalue weighted by Crippen LogP contribution is 2.98. The normalized spacial score (nSPS) is 15.9. The Balaban J connectivity index is 3.62. The Morgan fingerprint density at radius 3 is 2.08 bits per heavy atom. The zero-order valence-corrected chi connectivity index (χ0v) is 14.4. The third-order valence-corrected chi connectivity index (χ3v) is 4.10. The monoisotopic (exact) mass is 404 g/mol. The van der Waals surface area contributed by atoms with Crippen LogP contribution in [0.15, 0.2) is 11.5 Å². The fourth-order valence-electron chi connectivity index (χ4n) is 1.64. The molecular formula is C12H21F5O5S2. The highest BCUT2D eigenvalue weighted by atomic mass is 32.5. The predicted octanol–water partition coefficient (Wildman–Crippen LogP) is 4.96.